The number of fused-ring (bicyclic) bond motifs is 1. The number of carbonyl (C=O) groups excluding carboxylic acids is 2. The van der Waals surface area contributed by atoms with Crippen LogP contribution in [0.4, 0.5) is 11.4 Å². The van der Waals surface area contributed by atoms with Gasteiger partial charge in [0.05, 0.1) is 12.1 Å². The number of anilines is 2. The van der Waals surface area contributed by atoms with Crippen LogP contribution in [0.1, 0.15) is 22.3 Å². The predicted octanol–water partition coefficient (Wildman–Crippen LogP) is 2.39. The molecule has 2 aromatic carbocycles. The van der Waals surface area contributed by atoms with Crippen LogP contribution in [-0.2, 0) is 11.2 Å². The Morgan fingerprint density at radius 3 is 2.78 bits per heavy atom. The van der Waals surface area contributed by atoms with E-state index < -0.39 is 5.91 Å². The van der Waals surface area contributed by atoms with Crippen molar-refractivity contribution in [3.05, 3.63) is 46.5 Å². The first-order chi connectivity index (χ1) is 12.9. The molecule has 2 amide bonds. The molecule has 1 aliphatic rings. The van der Waals surface area contributed by atoms with E-state index in [1.165, 1.54) is 19.2 Å². The van der Waals surface area contributed by atoms with Gasteiger partial charge >= 0.3 is 0 Å². The molecule has 0 fully saturated rings. The SMILES string of the molecule is COc1cc(C(=O)N2CCCc3c(N)cccc32)cc(Cl)c1OCC(N)=O. The molecular weight excluding hydrogens is 370 g/mol. The quantitative estimate of drug-likeness (QED) is 0.763. The van der Waals surface area contributed by atoms with Gasteiger partial charge in [-0.15, -0.1) is 0 Å². The molecule has 0 saturated carbocycles. The predicted molar refractivity (Wildman–Crippen MR) is 104 cm³/mol. The summed E-state index contributed by atoms with van der Waals surface area (Å²) in [4.78, 5) is 25.8. The molecule has 0 spiro atoms. The van der Waals surface area contributed by atoms with Gasteiger partial charge in [-0.1, -0.05) is 17.7 Å². The van der Waals surface area contributed by atoms with Crippen molar-refractivity contribution in [3.8, 4) is 11.5 Å². The van der Waals surface area contributed by atoms with E-state index in [2.05, 4.69) is 0 Å². The van der Waals surface area contributed by atoms with Crippen LogP contribution < -0.4 is 25.8 Å². The van der Waals surface area contributed by atoms with Crippen LogP contribution in [0.15, 0.2) is 30.3 Å². The van der Waals surface area contributed by atoms with E-state index in [0.717, 1.165) is 24.1 Å². The third-order valence-electron chi connectivity index (χ3n) is 4.37. The number of rotatable bonds is 5. The molecule has 27 heavy (non-hydrogen) atoms. The lowest BCUT2D eigenvalue weighted by atomic mass is 9.99. The zero-order chi connectivity index (χ0) is 19.6. The third kappa shape index (κ3) is 3.78. The molecule has 0 aliphatic carbocycles. The van der Waals surface area contributed by atoms with Crippen molar-refractivity contribution in [2.75, 3.05) is 30.9 Å². The highest BCUT2D eigenvalue weighted by molar-refractivity contribution is 6.33. The van der Waals surface area contributed by atoms with Crippen LogP contribution in [0.2, 0.25) is 5.02 Å². The Kier molecular flexibility index (Phi) is 5.41. The van der Waals surface area contributed by atoms with Crippen LogP contribution in [0.3, 0.4) is 0 Å². The van der Waals surface area contributed by atoms with E-state index in [1.807, 2.05) is 18.2 Å². The molecule has 142 valence electrons. The standard InChI is InChI=1S/C19H20ClN3O4/c1-26-16-9-11(8-13(20)18(16)27-10-17(22)24)19(25)23-7-3-4-12-14(21)5-2-6-15(12)23/h2,5-6,8-9H,3-4,7,10,21H2,1H3,(H2,22,24). The van der Waals surface area contributed by atoms with E-state index in [0.29, 0.717) is 17.8 Å². The number of carbonyl (C=O) groups is 2. The summed E-state index contributed by atoms with van der Waals surface area (Å²) in [6, 6.07) is 8.56. The number of ether oxygens (including phenoxy) is 2. The van der Waals surface area contributed by atoms with Crippen LogP contribution >= 0.6 is 11.6 Å². The molecule has 8 heteroatoms. The minimum Gasteiger partial charge on any atom is -0.493 e. The first-order valence-corrected chi connectivity index (χ1v) is 8.78. The molecule has 0 saturated heterocycles. The highest BCUT2D eigenvalue weighted by Gasteiger charge is 2.26. The van der Waals surface area contributed by atoms with Crippen molar-refractivity contribution in [2.24, 2.45) is 5.73 Å². The second-order valence-corrected chi connectivity index (χ2v) is 6.56. The zero-order valence-corrected chi connectivity index (χ0v) is 15.6. The molecule has 0 bridgehead atoms. The molecule has 1 aliphatic heterocycles. The summed E-state index contributed by atoms with van der Waals surface area (Å²) < 4.78 is 10.6. The third-order valence-corrected chi connectivity index (χ3v) is 4.65. The summed E-state index contributed by atoms with van der Waals surface area (Å²) in [6.45, 7) is 0.233. The largest absolute Gasteiger partial charge is 0.493 e. The monoisotopic (exact) mass is 389 g/mol. The van der Waals surface area contributed by atoms with Crippen molar-refractivity contribution in [1.29, 1.82) is 0 Å². The fourth-order valence-electron chi connectivity index (χ4n) is 3.15. The number of nitrogen functional groups attached to an aromatic ring is 1. The van der Waals surface area contributed by atoms with Gasteiger partial charge in [0, 0.05) is 23.5 Å². The summed E-state index contributed by atoms with van der Waals surface area (Å²) in [5, 5.41) is 0.156. The van der Waals surface area contributed by atoms with Gasteiger partial charge in [0.1, 0.15) is 0 Å². The van der Waals surface area contributed by atoms with Gasteiger partial charge in [-0.25, -0.2) is 0 Å². The number of nitrogens with two attached hydrogens (primary N) is 2. The number of hydrogen-bond acceptors (Lipinski definition) is 5. The molecule has 3 rings (SSSR count). The lowest BCUT2D eigenvalue weighted by molar-refractivity contribution is -0.119. The number of nitrogens with zero attached hydrogens (tertiary/aromatic N) is 1. The molecule has 4 N–H and O–H groups in total. The van der Waals surface area contributed by atoms with Gasteiger partial charge in [-0.05, 0) is 42.7 Å². The van der Waals surface area contributed by atoms with E-state index in [9.17, 15) is 9.59 Å². The van der Waals surface area contributed by atoms with E-state index >= 15 is 0 Å². The second kappa shape index (κ2) is 7.75. The average molecular weight is 390 g/mol. The fourth-order valence-corrected chi connectivity index (χ4v) is 3.41. The fraction of sp³-hybridized carbons (Fsp3) is 0.263. The van der Waals surface area contributed by atoms with Gasteiger partial charge in [0.15, 0.2) is 18.1 Å². The lowest BCUT2D eigenvalue weighted by Gasteiger charge is -2.30. The Labute approximate surface area is 161 Å². The molecule has 1 heterocycles. The first-order valence-electron chi connectivity index (χ1n) is 8.40. The number of benzene rings is 2. The summed E-state index contributed by atoms with van der Waals surface area (Å²) in [6.07, 6.45) is 1.65. The second-order valence-electron chi connectivity index (χ2n) is 6.15. The van der Waals surface area contributed by atoms with E-state index in [-0.39, 0.29) is 29.0 Å². The van der Waals surface area contributed by atoms with Crippen LogP contribution in [-0.4, -0.2) is 32.1 Å². The summed E-state index contributed by atoms with van der Waals surface area (Å²) >= 11 is 6.26. The topological polar surface area (TPSA) is 108 Å². The highest BCUT2D eigenvalue weighted by atomic mass is 35.5. The molecule has 0 aromatic heterocycles. The highest BCUT2D eigenvalue weighted by Crippen LogP contribution is 2.38. The van der Waals surface area contributed by atoms with Crippen molar-refractivity contribution in [2.45, 2.75) is 12.8 Å². The van der Waals surface area contributed by atoms with Crippen molar-refractivity contribution in [3.63, 3.8) is 0 Å². The van der Waals surface area contributed by atoms with Gasteiger partial charge in [-0.2, -0.15) is 0 Å². The lowest BCUT2D eigenvalue weighted by Crippen LogP contribution is -2.35. The molecular formula is C19H20ClN3O4. The summed E-state index contributed by atoms with van der Waals surface area (Å²) in [5.74, 6) is -0.450. The van der Waals surface area contributed by atoms with Crippen molar-refractivity contribution < 1.29 is 19.1 Å². The average Bonchev–Trinajstić information content (AvgIpc) is 2.65. The van der Waals surface area contributed by atoms with Gasteiger partial charge in [0.2, 0.25) is 0 Å². The number of halogens is 1. The van der Waals surface area contributed by atoms with Gasteiger partial charge < -0.3 is 25.8 Å². The Hall–Kier alpha value is -2.93. The van der Waals surface area contributed by atoms with Gasteiger partial charge in [0.25, 0.3) is 11.8 Å². The van der Waals surface area contributed by atoms with Crippen LogP contribution in [0.5, 0.6) is 11.5 Å². The maximum absolute atomic E-state index is 13.1. The van der Waals surface area contributed by atoms with Crippen LogP contribution in [0.25, 0.3) is 0 Å². The Balaban J connectivity index is 1.96. The van der Waals surface area contributed by atoms with E-state index in [4.69, 9.17) is 32.5 Å². The van der Waals surface area contributed by atoms with Crippen molar-refractivity contribution in [1.82, 2.24) is 0 Å². The van der Waals surface area contributed by atoms with Crippen LogP contribution in [0, 0.1) is 0 Å². The van der Waals surface area contributed by atoms with Gasteiger partial charge in [-0.3, -0.25) is 9.59 Å². The smallest absolute Gasteiger partial charge is 0.258 e. The minimum atomic E-state index is -0.643. The Morgan fingerprint density at radius 2 is 2.07 bits per heavy atom. The molecule has 2 aromatic rings. The molecule has 0 atom stereocenters. The molecule has 0 unspecified atom stereocenters. The number of methoxy groups -OCH3 is 1. The number of amides is 2. The van der Waals surface area contributed by atoms with E-state index in [1.54, 1.807) is 4.90 Å². The zero-order valence-electron chi connectivity index (χ0n) is 14.8. The Bertz CT molecular complexity index is 901. The number of primary amides is 1. The minimum absolute atomic E-state index is 0.156. The maximum atomic E-state index is 13.1. The molecule has 7 nitrogen and oxygen atoms in total. The number of hydrogen-bond donors (Lipinski definition) is 2. The summed E-state index contributed by atoms with van der Waals surface area (Å²) in [7, 11) is 1.42. The summed E-state index contributed by atoms with van der Waals surface area (Å²) in [5.41, 5.74) is 13.9. The van der Waals surface area contributed by atoms with Crippen molar-refractivity contribution >= 4 is 34.8 Å². The molecule has 0 radical (unpaired) electrons. The normalized spacial score (nSPS) is 13.0. The maximum Gasteiger partial charge on any atom is 0.258 e. The Morgan fingerprint density at radius 1 is 1.30 bits per heavy atom. The first kappa shape index (κ1) is 18.8.